The van der Waals surface area contributed by atoms with E-state index in [2.05, 4.69) is 0 Å². The van der Waals surface area contributed by atoms with Gasteiger partial charge in [-0.15, -0.1) is 0 Å². The van der Waals surface area contributed by atoms with Crippen LogP contribution in [0.3, 0.4) is 0 Å². The maximum Gasteiger partial charge on any atom is 0.431 e. The molecule has 0 bridgehead atoms. The van der Waals surface area contributed by atoms with Crippen LogP contribution in [0.1, 0.15) is 35.9 Å². The molecular weight excluding hydrogens is 239 g/mol. The number of carboxylic acid groups (broad SMARTS) is 1. The zero-order valence-corrected chi connectivity index (χ0v) is 9.08. The van der Waals surface area contributed by atoms with E-state index in [4.69, 9.17) is 5.11 Å². The molecule has 17 heavy (non-hydrogen) atoms. The van der Waals surface area contributed by atoms with Crippen molar-refractivity contribution in [2.75, 3.05) is 0 Å². The van der Waals surface area contributed by atoms with E-state index in [0.29, 0.717) is 16.7 Å². The molecule has 0 saturated heterocycles. The summed E-state index contributed by atoms with van der Waals surface area (Å²) >= 11 is 0. The van der Waals surface area contributed by atoms with Crippen LogP contribution in [0.4, 0.5) is 13.2 Å². The lowest BCUT2D eigenvalue weighted by Gasteiger charge is -2.18. The van der Waals surface area contributed by atoms with Crippen molar-refractivity contribution in [3.8, 4) is 0 Å². The van der Waals surface area contributed by atoms with Gasteiger partial charge in [0.1, 0.15) is 11.3 Å². The van der Waals surface area contributed by atoms with Gasteiger partial charge in [-0.25, -0.2) is 4.79 Å². The Balaban J connectivity index is 3.63. The molecule has 1 rings (SSSR count). The maximum absolute atomic E-state index is 12.6. The monoisotopic (exact) mass is 249 g/mol. The minimum Gasteiger partial charge on any atom is -0.477 e. The van der Waals surface area contributed by atoms with Crippen molar-refractivity contribution < 1.29 is 23.1 Å². The quantitative estimate of drug-likeness (QED) is 0.873. The Kier molecular flexibility index (Phi) is 3.30. The van der Waals surface area contributed by atoms with Crippen LogP contribution in [-0.4, -0.2) is 15.6 Å². The number of aromatic nitrogens is 1. The van der Waals surface area contributed by atoms with Crippen molar-refractivity contribution in [1.82, 2.24) is 4.57 Å². The fraction of sp³-hybridized carbons (Fsp3) is 0.400. The highest BCUT2D eigenvalue weighted by Crippen LogP contribution is 2.29. The Hall–Kier alpha value is -1.79. The summed E-state index contributed by atoms with van der Waals surface area (Å²) in [4.78, 5) is 22.3. The summed E-state index contributed by atoms with van der Waals surface area (Å²) in [6, 6.07) is 0.496. The lowest BCUT2D eigenvalue weighted by atomic mass is 10.2. The van der Waals surface area contributed by atoms with Crippen molar-refractivity contribution in [2.45, 2.75) is 26.1 Å². The molecule has 0 spiro atoms. The average Bonchev–Trinajstić information content (AvgIpc) is 2.14. The van der Waals surface area contributed by atoms with Crippen LogP contribution in [0.25, 0.3) is 0 Å². The number of pyridine rings is 1. The Morgan fingerprint density at radius 1 is 1.35 bits per heavy atom. The first-order chi connectivity index (χ1) is 7.66. The molecule has 0 saturated carbocycles. The van der Waals surface area contributed by atoms with E-state index >= 15 is 0 Å². The third-order valence-electron chi connectivity index (χ3n) is 2.15. The topological polar surface area (TPSA) is 59.3 Å². The van der Waals surface area contributed by atoms with Crippen LogP contribution in [0.15, 0.2) is 16.9 Å². The summed E-state index contributed by atoms with van der Waals surface area (Å²) in [5, 5.41) is 8.67. The molecule has 0 fully saturated rings. The van der Waals surface area contributed by atoms with Crippen LogP contribution >= 0.6 is 0 Å². The van der Waals surface area contributed by atoms with Gasteiger partial charge in [-0.3, -0.25) is 4.79 Å². The molecular formula is C10H10F3NO3. The first-order valence-electron chi connectivity index (χ1n) is 4.72. The fourth-order valence-electron chi connectivity index (χ4n) is 1.46. The maximum atomic E-state index is 12.6. The molecule has 1 N–H and O–H groups in total. The lowest BCUT2D eigenvalue weighted by molar-refractivity contribution is -0.144. The molecule has 0 aromatic carbocycles. The Labute approximate surface area is 94.3 Å². The van der Waals surface area contributed by atoms with Crippen molar-refractivity contribution in [1.29, 1.82) is 0 Å². The molecule has 1 aromatic rings. The second-order valence-corrected chi connectivity index (χ2v) is 3.70. The van der Waals surface area contributed by atoms with Crippen LogP contribution in [0.5, 0.6) is 0 Å². The van der Waals surface area contributed by atoms with E-state index in [1.54, 1.807) is 0 Å². The molecule has 4 nitrogen and oxygen atoms in total. The number of nitrogens with zero attached hydrogens (tertiary/aromatic N) is 1. The predicted octanol–water partition coefficient (Wildman–Crippen LogP) is 2.15. The standard InChI is InChI=1S/C10H10F3NO3/c1-5(2)14-7(10(11,12)13)4-3-6(8(14)15)9(16)17/h3-5H,1-2H3,(H,16,17). The molecule has 0 radical (unpaired) electrons. The van der Waals surface area contributed by atoms with E-state index < -0.39 is 35.0 Å². The van der Waals surface area contributed by atoms with Gasteiger partial charge in [0.05, 0.1) is 0 Å². The number of hydrogen-bond donors (Lipinski definition) is 1. The minimum absolute atomic E-state index is 0.434. The van der Waals surface area contributed by atoms with Gasteiger partial charge in [-0.1, -0.05) is 0 Å². The van der Waals surface area contributed by atoms with E-state index in [1.165, 1.54) is 13.8 Å². The van der Waals surface area contributed by atoms with Gasteiger partial charge in [0.25, 0.3) is 5.56 Å². The molecule has 0 amide bonds. The van der Waals surface area contributed by atoms with Gasteiger partial charge in [-0.05, 0) is 26.0 Å². The summed E-state index contributed by atoms with van der Waals surface area (Å²) in [5.41, 5.74) is -2.98. The van der Waals surface area contributed by atoms with Gasteiger partial charge in [0.15, 0.2) is 0 Å². The van der Waals surface area contributed by atoms with Crippen molar-refractivity contribution >= 4 is 5.97 Å². The van der Waals surface area contributed by atoms with Crippen LogP contribution in [-0.2, 0) is 6.18 Å². The van der Waals surface area contributed by atoms with Crippen LogP contribution in [0.2, 0.25) is 0 Å². The summed E-state index contributed by atoms with van der Waals surface area (Å²) in [5.74, 6) is -1.54. The summed E-state index contributed by atoms with van der Waals surface area (Å²) in [6.45, 7) is 2.75. The first-order valence-corrected chi connectivity index (χ1v) is 4.72. The predicted molar refractivity (Wildman–Crippen MR) is 53.0 cm³/mol. The summed E-state index contributed by atoms with van der Waals surface area (Å²) in [7, 11) is 0. The van der Waals surface area contributed by atoms with Crippen LogP contribution in [0, 0.1) is 0 Å². The molecule has 1 aromatic heterocycles. The van der Waals surface area contributed by atoms with E-state index in [-0.39, 0.29) is 0 Å². The largest absolute Gasteiger partial charge is 0.477 e. The number of halogens is 3. The first kappa shape index (κ1) is 13.3. The molecule has 7 heteroatoms. The number of carboxylic acids is 1. The third-order valence-corrected chi connectivity index (χ3v) is 2.15. The van der Waals surface area contributed by atoms with Gasteiger partial charge in [0, 0.05) is 6.04 Å². The molecule has 94 valence electrons. The highest BCUT2D eigenvalue weighted by Gasteiger charge is 2.35. The minimum atomic E-state index is -4.69. The number of rotatable bonds is 2. The zero-order chi connectivity index (χ0) is 13.4. The molecule has 0 aliphatic carbocycles. The number of hydrogen-bond acceptors (Lipinski definition) is 2. The summed E-state index contributed by atoms with van der Waals surface area (Å²) in [6.07, 6.45) is -4.69. The molecule has 0 atom stereocenters. The second kappa shape index (κ2) is 4.23. The Bertz CT molecular complexity index is 502. The molecule has 0 unspecified atom stereocenters. The second-order valence-electron chi connectivity index (χ2n) is 3.70. The normalized spacial score (nSPS) is 11.9. The van der Waals surface area contributed by atoms with Gasteiger partial charge < -0.3 is 9.67 Å². The number of aromatic carboxylic acids is 1. The van der Waals surface area contributed by atoms with E-state index in [0.717, 1.165) is 0 Å². The van der Waals surface area contributed by atoms with Crippen LogP contribution < -0.4 is 5.56 Å². The van der Waals surface area contributed by atoms with Gasteiger partial charge in [-0.2, -0.15) is 13.2 Å². The van der Waals surface area contributed by atoms with E-state index in [1.807, 2.05) is 0 Å². The smallest absolute Gasteiger partial charge is 0.431 e. The zero-order valence-electron chi connectivity index (χ0n) is 9.08. The van der Waals surface area contributed by atoms with Gasteiger partial charge in [0.2, 0.25) is 0 Å². The fourth-order valence-corrected chi connectivity index (χ4v) is 1.46. The molecule has 0 aliphatic heterocycles. The lowest BCUT2D eigenvalue weighted by Crippen LogP contribution is -2.33. The number of alkyl halides is 3. The Morgan fingerprint density at radius 2 is 1.88 bits per heavy atom. The highest BCUT2D eigenvalue weighted by molar-refractivity contribution is 5.87. The third kappa shape index (κ3) is 2.48. The van der Waals surface area contributed by atoms with Crippen molar-refractivity contribution in [3.63, 3.8) is 0 Å². The Morgan fingerprint density at radius 3 is 2.24 bits per heavy atom. The van der Waals surface area contributed by atoms with E-state index in [9.17, 15) is 22.8 Å². The SMILES string of the molecule is CC(C)n1c(C(F)(F)F)ccc(C(=O)O)c1=O. The number of carbonyl (C=O) groups is 1. The average molecular weight is 249 g/mol. The molecule has 0 aliphatic rings. The van der Waals surface area contributed by atoms with Crippen molar-refractivity contribution in [2.24, 2.45) is 0 Å². The van der Waals surface area contributed by atoms with Crippen molar-refractivity contribution in [3.05, 3.63) is 33.7 Å². The molecule has 1 heterocycles. The van der Waals surface area contributed by atoms with Gasteiger partial charge >= 0.3 is 12.1 Å². The highest BCUT2D eigenvalue weighted by atomic mass is 19.4. The summed E-state index contributed by atoms with van der Waals surface area (Å²) < 4.78 is 38.3.